The Kier molecular flexibility index (Phi) is 4.59. The van der Waals surface area contributed by atoms with Crippen LogP contribution in [0.1, 0.15) is 23.0 Å². The number of rotatable bonds is 3. The highest BCUT2D eigenvalue weighted by Gasteiger charge is 2.27. The summed E-state index contributed by atoms with van der Waals surface area (Å²) in [5, 5.41) is 10.0. The van der Waals surface area contributed by atoms with E-state index in [9.17, 15) is 4.79 Å². The summed E-state index contributed by atoms with van der Waals surface area (Å²) in [4.78, 5) is 21.4. The summed E-state index contributed by atoms with van der Waals surface area (Å²) in [5.41, 5.74) is 2.61. The maximum Gasteiger partial charge on any atom is 0.254 e. The molecule has 2 aromatic rings. The molecular formula is C18H23N3O2. The zero-order valence-electron chi connectivity index (χ0n) is 13.7. The van der Waals surface area contributed by atoms with Gasteiger partial charge < -0.3 is 10.0 Å². The second kappa shape index (κ2) is 6.64. The van der Waals surface area contributed by atoms with Gasteiger partial charge in [0.2, 0.25) is 0 Å². The summed E-state index contributed by atoms with van der Waals surface area (Å²) in [5.74, 6) is 0.0728. The van der Waals surface area contributed by atoms with Gasteiger partial charge in [-0.3, -0.25) is 14.7 Å². The van der Waals surface area contributed by atoms with Gasteiger partial charge in [-0.25, -0.2) is 0 Å². The molecule has 0 saturated carbocycles. The third-order valence-corrected chi connectivity index (χ3v) is 4.46. The fraction of sp³-hybridized carbons (Fsp3) is 0.444. The molecule has 1 saturated heterocycles. The number of aromatic nitrogens is 1. The molecule has 1 amide bonds. The number of aliphatic hydroxyl groups is 1. The molecule has 0 spiro atoms. The lowest BCUT2D eigenvalue weighted by molar-refractivity contribution is 0.0458. The Labute approximate surface area is 136 Å². The van der Waals surface area contributed by atoms with Crippen LogP contribution in [0.5, 0.6) is 0 Å². The molecule has 0 aliphatic carbocycles. The molecule has 0 radical (unpaired) electrons. The van der Waals surface area contributed by atoms with Crippen molar-refractivity contribution >= 4 is 16.8 Å². The van der Waals surface area contributed by atoms with Gasteiger partial charge in [0.05, 0.1) is 12.1 Å². The van der Waals surface area contributed by atoms with Crippen LogP contribution in [-0.4, -0.2) is 64.6 Å². The minimum atomic E-state index is 0.0728. The van der Waals surface area contributed by atoms with Gasteiger partial charge in [-0.05, 0) is 38.1 Å². The fourth-order valence-electron chi connectivity index (χ4n) is 3.21. The van der Waals surface area contributed by atoms with Gasteiger partial charge in [-0.1, -0.05) is 6.07 Å². The number of hydrogen-bond donors (Lipinski definition) is 1. The highest BCUT2D eigenvalue weighted by atomic mass is 16.3. The van der Waals surface area contributed by atoms with E-state index in [1.165, 1.54) is 0 Å². The lowest BCUT2D eigenvalue weighted by Crippen LogP contribution is -2.54. The van der Waals surface area contributed by atoms with Crippen LogP contribution in [0, 0.1) is 6.92 Å². The van der Waals surface area contributed by atoms with E-state index < -0.39 is 0 Å². The van der Waals surface area contributed by atoms with E-state index in [0.717, 1.165) is 29.7 Å². The minimum Gasteiger partial charge on any atom is -0.395 e. The molecule has 1 unspecified atom stereocenters. The summed E-state index contributed by atoms with van der Waals surface area (Å²) >= 11 is 0. The number of aliphatic hydroxyl groups excluding tert-OH is 1. The summed E-state index contributed by atoms with van der Waals surface area (Å²) in [6, 6.07) is 9.84. The first-order valence-corrected chi connectivity index (χ1v) is 8.10. The van der Waals surface area contributed by atoms with Crippen LogP contribution < -0.4 is 0 Å². The van der Waals surface area contributed by atoms with E-state index >= 15 is 0 Å². The van der Waals surface area contributed by atoms with Gasteiger partial charge in [0.25, 0.3) is 5.91 Å². The zero-order valence-corrected chi connectivity index (χ0v) is 13.7. The second-order valence-corrected chi connectivity index (χ2v) is 6.23. The molecule has 2 heterocycles. The normalized spacial score (nSPS) is 19.3. The van der Waals surface area contributed by atoms with Gasteiger partial charge in [-0.2, -0.15) is 0 Å². The topological polar surface area (TPSA) is 56.7 Å². The predicted octanol–water partition coefficient (Wildman–Crippen LogP) is 1.68. The standard InChI is InChI=1S/C18H23N3O2/c1-13-3-4-15-11-16(5-6-17(15)19-13)18(23)21-8-7-20(9-10-22)12-14(21)2/h3-6,11,14,22H,7-10,12H2,1-2H3. The first-order chi connectivity index (χ1) is 11.1. The molecule has 1 aliphatic heterocycles. The van der Waals surface area contributed by atoms with Gasteiger partial charge >= 0.3 is 0 Å². The van der Waals surface area contributed by atoms with E-state index in [-0.39, 0.29) is 18.6 Å². The van der Waals surface area contributed by atoms with Crippen LogP contribution >= 0.6 is 0 Å². The second-order valence-electron chi connectivity index (χ2n) is 6.23. The van der Waals surface area contributed by atoms with Crippen LogP contribution in [0.4, 0.5) is 0 Å². The first-order valence-electron chi connectivity index (χ1n) is 8.10. The molecule has 5 nitrogen and oxygen atoms in total. The maximum atomic E-state index is 12.8. The lowest BCUT2D eigenvalue weighted by Gasteiger charge is -2.39. The van der Waals surface area contributed by atoms with Crippen molar-refractivity contribution in [3.05, 3.63) is 41.6 Å². The predicted molar refractivity (Wildman–Crippen MR) is 90.5 cm³/mol. The largest absolute Gasteiger partial charge is 0.395 e. The highest BCUT2D eigenvalue weighted by Crippen LogP contribution is 2.18. The molecule has 1 atom stereocenters. The molecule has 1 aromatic carbocycles. The third-order valence-electron chi connectivity index (χ3n) is 4.46. The van der Waals surface area contributed by atoms with Crippen molar-refractivity contribution in [3.8, 4) is 0 Å². The Hall–Kier alpha value is -1.98. The Morgan fingerprint density at radius 2 is 2.13 bits per heavy atom. The molecule has 1 N–H and O–H groups in total. The Balaban J connectivity index is 1.79. The molecule has 1 fully saturated rings. The monoisotopic (exact) mass is 313 g/mol. The fourth-order valence-corrected chi connectivity index (χ4v) is 3.21. The number of carbonyl (C=O) groups is 1. The zero-order chi connectivity index (χ0) is 16.4. The molecule has 3 rings (SSSR count). The minimum absolute atomic E-state index is 0.0728. The Morgan fingerprint density at radius 3 is 2.87 bits per heavy atom. The maximum absolute atomic E-state index is 12.8. The number of piperazine rings is 1. The van der Waals surface area contributed by atoms with Crippen LogP contribution in [-0.2, 0) is 0 Å². The molecule has 5 heteroatoms. The average Bonchev–Trinajstić information content (AvgIpc) is 2.54. The van der Waals surface area contributed by atoms with Crippen molar-refractivity contribution in [2.75, 3.05) is 32.8 Å². The summed E-state index contributed by atoms with van der Waals surface area (Å²) in [6.07, 6.45) is 0. The van der Waals surface area contributed by atoms with Crippen molar-refractivity contribution in [2.24, 2.45) is 0 Å². The van der Waals surface area contributed by atoms with E-state index in [4.69, 9.17) is 5.11 Å². The molecule has 122 valence electrons. The smallest absolute Gasteiger partial charge is 0.254 e. The van der Waals surface area contributed by atoms with Crippen molar-refractivity contribution in [1.29, 1.82) is 0 Å². The Bertz CT molecular complexity index is 716. The summed E-state index contributed by atoms with van der Waals surface area (Å²) < 4.78 is 0. The number of hydrogen-bond acceptors (Lipinski definition) is 4. The molecule has 23 heavy (non-hydrogen) atoms. The summed E-state index contributed by atoms with van der Waals surface area (Å²) in [7, 11) is 0. The van der Waals surface area contributed by atoms with Crippen LogP contribution in [0.2, 0.25) is 0 Å². The number of pyridine rings is 1. The summed E-state index contributed by atoms with van der Waals surface area (Å²) in [6.45, 7) is 7.18. The van der Waals surface area contributed by atoms with E-state index in [1.807, 2.05) is 42.2 Å². The van der Waals surface area contributed by atoms with E-state index in [1.54, 1.807) is 0 Å². The third kappa shape index (κ3) is 3.35. The lowest BCUT2D eigenvalue weighted by atomic mass is 10.1. The van der Waals surface area contributed by atoms with Gasteiger partial charge in [0.1, 0.15) is 0 Å². The number of fused-ring (bicyclic) bond motifs is 1. The van der Waals surface area contributed by atoms with E-state index in [0.29, 0.717) is 18.7 Å². The molecule has 0 bridgehead atoms. The highest BCUT2D eigenvalue weighted by molar-refractivity contribution is 5.98. The van der Waals surface area contributed by atoms with Crippen LogP contribution in [0.3, 0.4) is 0 Å². The quantitative estimate of drug-likeness (QED) is 0.937. The number of β-amino-alcohol motifs (C(OH)–C–C–N with tert-alkyl or cyclic N) is 1. The van der Waals surface area contributed by atoms with Crippen molar-refractivity contribution in [2.45, 2.75) is 19.9 Å². The van der Waals surface area contributed by atoms with Crippen molar-refractivity contribution < 1.29 is 9.90 Å². The molecule has 1 aromatic heterocycles. The van der Waals surface area contributed by atoms with Crippen molar-refractivity contribution in [1.82, 2.24) is 14.8 Å². The van der Waals surface area contributed by atoms with Gasteiger partial charge in [-0.15, -0.1) is 0 Å². The van der Waals surface area contributed by atoms with E-state index in [2.05, 4.69) is 16.8 Å². The molecule has 1 aliphatic rings. The number of benzene rings is 1. The number of carbonyl (C=O) groups excluding carboxylic acids is 1. The van der Waals surface area contributed by atoms with Crippen molar-refractivity contribution in [3.63, 3.8) is 0 Å². The molecular weight excluding hydrogens is 290 g/mol. The van der Waals surface area contributed by atoms with Gasteiger partial charge in [0.15, 0.2) is 0 Å². The SMILES string of the molecule is Cc1ccc2cc(C(=O)N3CCN(CCO)CC3C)ccc2n1. The number of aryl methyl sites for hydroxylation is 1. The number of amides is 1. The first kappa shape index (κ1) is 15.9. The Morgan fingerprint density at radius 1 is 1.30 bits per heavy atom. The number of nitrogens with zero attached hydrogens (tertiary/aromatic N) is 3. The van der Waals surface area contributed by atoms with Gasteiger partial charge in [0, 0.05) is 48.9 Å². The van der Waals surface area contributed by atoms with Crippen LogP contribution in [0.25, 0.3) is 10.9 Å². The van der Waals surface area contributed by atoms with Crippen LogP contribution in [0.15, 0.2) is 30.3 Å². The average molecular weight is 313 g/mol.